The molecule has 29 heavy (non-hydrogen) atoms. The minimum atomic E-state index is -0.566. The molecule has 2 aromatic carbocycles. The molecule has 0 aliphatic heterocycles. The van der Waals surface area contributed by atoms with Crippen molar-refractivity contribution in [3.8, 4) is 5.75 Å². The standard InChI is InChI=1S/C24H32N2O3/c1-6-18(3)25-24(28)19(4)26(16-20-10-12-22(29-5)13-11-20)23(27)15-21-9-7-8-17(2)14-21/h7-14,18-19H,6,15-16H2,1-5H3,(H,25,28)/t18-,19+/m1/s1. The van der Waals surface area contributed by atoms with E-state index < -0.39 is 6.04 Å². The molecule has 0 aliphatic rings. The number of rotatable bonds is 9. The van der Waals surface area contributed by atoms with Gasteiger partial charge < -0.3 is 15.0 Å². The van der Waals surface area contributed by atoms with Gasteiger partial charge in [0.25, 0.3) is 0 Å². The summed E-state index contributed by atoms with van der Waals surface area (Å²) >= 11 is 0. The first-order valence-corrected chi connectivity index (χ1v) is 10.1. The van der Waals surface area contributed by atoms with Gasteiger partial charge in [0.1, 0.15) is 11.8 Å². The molecule has 2 aromatic rings. The number of hydrogen-bond donors (Lipinski definition) is 1. The molecule has 2 rings (SSSR count). The maximum Gasteiger partial charge on any atom is 0.242 e. The monoisotopic (exact) mass is 396 g/mol. The lowest BCUT2D eigenvalue weighted by molar-refractivity contribution is -0.140. The topological polar surface area (TPSA) is 58.6 Å². The van der Waals surface area contributed by atoms with Crippen molar-refractivity contribution in [1.29, 1.82) is 0 Å². The highest BCUT2D eigenvalue weighted by Crippen LogP contribution is 2.16. The Bertz CT molecular complexity index is 817. The second kappa shape index (κ2) is 10.6. The smallest absolute Gasteiger partial charge is 0.242 e. The minimum Gasteiger partial charge on any atom is -0.497 e. The number of carbonyl (C=O) groups is 2. The van der Waals surface area contributed by atoms with E-state index in [1.807, 2.05) is 69.3 Å². The van der Waals surface area contributed by atoms with Crippen molar-refractivity contribution >= 4 is 11.8 Å². The van der Waals surface area contributed by atoms with Gasteiger partial charge in [-0.3, -0.25) is 9.59 Å². The fourth-order valence-corrected chi connectivity index (χ4v) is 3.07. The molecule has 0 heterocycles. The molecule has 1 N–H and O–H groups in total. The Balaban J connectivity index is 2.22. The van der Waals surface area contributed by atoms with E-state index in [-0.39, 0.29) is 24.3 Å². The van der Waals surface area contributed by atoms with Gasteiger partial charge in [0.2, 0.25) is 11.8 Å². The zero-order valence-electron chi connectivity index (χ0n) is 18.1. The van der Waals surface area contributed by atoms with E-state index in [0.29, 0.717) is 6.54 Å². The van der Waals surface area contributed by atoms with Crippen LogP contribution in [0, 0.1) is 6.92 Å². The van der Waals surface area contributed by atoms with Crippen molar-refractivity contribution in [2.45, 2.75) is 59.2 Å². The molecule has 2 atom stereocenters. The summed E-state index contributed by atoms with van der Waals surface area (Å²) in [6.07, 6.45) is 1.10. The number of nitrogens with one attached hydrogen (secondary N) is 1. The van der Waals surface area contributed by atoms with E-state index in [4.69, 9.17) is 4.74 Å². The summed E-state index contributed by atoms with van der Waals surface area (Å²) in [5.74, 6) is 0.553. The van der Waals surface area contributed by atoms with Crippen molar-refractivity contribution in [1.82, 2.24) is 10.2 Å². The lowest BCUT2D eigenvalue weighted by Crippen LogP contribution is -2.49. The summed E-state index contributed by atoms with van der Waals surface area (Å²) < 4.78 is 5.21. The van der Waals surface area contributed by atoms with Crippen LogP contribution in [-0.4, -0.2) is 35.9 Å². The van der Waals surface area contributed by atoms with Gasteiger partial charge in [-0.05, 0) is 50.5 Å². The van der Waals surface area contributed by atoms with Crippen LogP contribution in [-0.2, 0) is 22.6 Å². The predicted octanol–water partition coefficient (Wildman–Crippen LogP) is 3.88. The third-order valence-electron chi connectivity index (χ3n) is 5.12. The number of aryl methyl sites for hydroxylation is 1. The van der Waals surface area contributed by atoms with Crippen LogP contribution >= 0.6 is 0 Å². The summed E-state index contributed by atoms with van der Waals surface area (Å²) in [5.41, 5.74) is 3.01. The summed E-state index contributed by atoms with van der Waals surface area (Å²) in [5, 5.41) is 2.99. The van der Waals surface area contributed by atoms with Crippen LogP contribution in [0.1, 0.15) is 43.9 Å². The van der Waals surface area contributed by atoms with E-state index in [1.54, 1.807) is 18.9 Å². The maximum absolute atomic E-state index is 13.2. The first-order chi connectivity index (χ1) is 13.8. The van der Waals surface area contributed by atoms with Crippen molar-refractivity contribution < 1.29 is 14.3 Å². The number of benzene rings is 2. The molecule has 0 spiro atoms. The van der Waals surface area contributed by atoms with Gasteiger partial charge in [0.15, 0.2) is 0 Å². The van der Waals surface area contributed by atoms with Gasteiger partial charge in [0, 0.05) is 12.6 Å². The molecule has 0 unspecified atom stereocenters. The lowest BCUT2D eigenvalue weighted by Gasteiger charge is -2.30. The molecule has 2 amide bonds. The van der Waals surface area contributed by atoms with Crippen LogP contribution in [0.5, 0.6) is 5.75 Å². The SMILES string of the molecule is CC[C@@H](C)NC(=O)[C@H](C)N(Cc1ccc(OC)cc1)C(=O)Cc1cccc(C)c1. The van der Waals surface area contributed by atoms with Crippen molar-refractivity contribution in [3.05, 3.63) is 65.2 Å². The van der Waals surface area contributed by atoms with Crippen LogP contribution in [0.25, 0.3) is 0 Å². The van der Waals surface area contributed by atoms with E-state index in [1.165, 1.54) is 0 Å². The molecule has 0 saturated carbocycles. The van der Waals surface area contributed by atoms with E-state index >= 15 is 0 Å². The highest BCUT2D eigenvalue weighted by Gasteiger charge is 2.26. The second-order valence-electron chi connectivity index (χ2n) is 7.53. The normalized spacial score (nSPS) is 12.7. The van der Waals surface area contributed by atoms with Crippen molar-refractivity contribution in [2.75, 3.05) is 7.11 Å². The quantitative estimate of drug-likeness (QED) is 0.700. The van der Waals surface area contributed by atoms with Crippen LogP contribution in [0.2, 0.25) is 0 Å². The summed E-state index contributed by atoms with van der Waals surface area (Å²) in [4.78, 5) is 27.6. The highest BCUT2D eigenvalue weighted by atomic mass is 16.5. The molecule has 0 saturated heterocycles. The van der Waals surface area contributed by atoms with E-state index in [2.05, 4.69) is 5.32 Å². The van der Waals surface area contributed by atoms with E-state index in [0.717, 1.165) is 28.9 Å². The fraction of sp³-hybridized carbons (Fsp3) is 0.417. The van der Waals surface area contributed by atoms with Crippen LogP contribution < -0.4 is 10.1 Å². The number of ether oxygens (including phenoxy) is 1. The molecule has 0 aliphatic carbocycles. The molecular weight excluding hydrogens is 364 g/mol. The predicted molar refractivity (Wildman–Crippen MR) is 116 cm³/mol. The zero-order valence-corrected chi connectivity index (χ0v) is 18.1. The van der Waals surface area contributed by atoms with E-state index in [9.17, 15) is 9.59 Å². The first-order valence-electron chi connectivity index (χ1n) is 10.1. The van der Waals surface area contributed by atoms with Gasteiger partial charge in [0.05, 0.1) is 13.5 Å². The molecule has 0 aromatic heterocycles. The van der Waals surface area contributed by atoms with Crippen LogP contribution in [0.15, 0.2) is 48.5 Å². The summed E-state index contributed by atoms with van der Waals surface area (Å²) in [6.45, 7) is 8.14. The number of methoxy groups -OCH3 is 1. The van der Waals surface area contributed by atoms with Gasteiger partial charge in [-0.15, -0.1) is 0 Å². The Morgan fingerprint density at radius 2 is 1.76 bits per heavy atom. The molecule has 5 nitrogen and oxygen atoms in total. The Hall–Kier alpha value is -2.82. The molecular formula is C24H32N2O3. The molecule has 0 radical (unpaired) electrons. The zero-order chi connectivity index (χ0) is 21.4. The second-order valence-corrected chi connectivity index (χ2v) is 7.53. The summed E-state index contributed by atoms with van der Waals surface area (Å²) in [7, 11) is 1.62. The largest absolute Gasteiger partial charge is 0.497 e. The number of nitrogens with zero attached hydrogens (tertiary/aromatic N) is 1. The molecule has 156 valence electrons. The molecule has 0 fully saturated rings. The Morgan fingerprint density at radius 3 is 2.34 bits per heavy atom. The third kappa shape index (κ3) is 6.63. The first kappa shape index (κ1) is 22.5. The highest BCUT2D eigenvalue weighted by molar-refractivity contribution is 5.88. The number of hydrogen-bond acceptors (Lipinski definition) is 3. The summed E-state index contributed by atoms with van der Waals surface area (Å²) in [6, 6.07) is 15.0. The average molecular weight is 397 g/mol. The van der Waals surface area contributed by atoms with Gasteiger partial charge in [-0.2, -0.15) is 0 Å². The Labute approximate surface area is 174 Å². The number of amides is 2. The van der Waals surface area contributed by atoms with Crippen LogP contribution in [0.3, 0.4) is 0 Å². The number of carbonyl (C=O) groups excluding carboxylic acids is 2. The van der Waals surface area contributed by atoms with Crippen molar-refractivity contribution in [3.63, 3.8) is 0 Å². The molecule has 5 heteroatoms. The van der Waals surface area contributed by atoms with Gasteiger partial charge in [-0.1, -0.05) is 48.9 Å². The van der Waals surface area contributed by atoms with Crippen LogP contribution in [0.4, 0.5) is 0 Å². The van der Waals surface area contributed by atoms with Crippen molar-refractivity contribution in [2.24, 2.45) is 0 Å². The maximum atomic E-state index is 13.2. The molecule has 0 bridgehead atoms. The minimum absolute atomic E-state index is 0.0691. The Kier molecular flexibility index (Phi) is 8.25. The Morgan fingerprint density at radius 1 is 1.07 bits per heavy atom. The third-order valence-corrected chi connectivity index (χ3v) is 5.12. The fourth-order valence-electron chi connectivity index (χ4n) is 3.07. The lowest BCUT2D eigenvalue weighted by atomic mass is 10.1. The average Bonchev–Trinajstić information content (AvgIpc) is 2.71. The van der Waals surface area contributed by atoms with Gasteiger partial charge >= 0.3 is 0 Å². The van der Waals surface area contributed by atoms with Gasteiger partial charge in [-0.25, -0.2) is 0 Å².